The first-order valence-electron chi connectivity index (χ1n) is 6.30. The summed E-state index contributed by atoms with van der Waals surface area (Å²) in [6, 6.07) is 2.14. The Morgan fingerprint density at radius 1 is 1.53 bits per heavy atom. The molecule has 2 heterocycles. The smallest absolute Gasteiger partial charge is 0.136 e. The maximum Gasteiger partial charge on any atom is 0.136 e. The first-order valence-corrected chi connectivity index (χ1v) is 7.09. The standard InChI is InChI=1S/C13H21BrN2O/c1-9-3-5-16(8-10(9)2)12(7-15)13-11(14)4-6-17-13/h4,6,9-10,12H,3,5,7-8,15H2,1-2H3. The van der Waals surface area contributed by atoms with E-state index in [-0.39, 0.29) is 6.04 Å². The molecule has 0 saturated carbocycles. The zero-order valence-corrected chi connectivity index (χ0v) is 12.1. The molecule has 2 N–H and O–H groups in total. The van der Waals surface area contributed by atoms with Crippen LogP contribution in [-0.2, 0) is 0 Å². The Morgan fingerprint density at radius 3 is 2.82 bits per heavy atom. The molecule has 0 bridgehead atoms. The minimum absolute atomic E-state index is 0.203. The van der Waals surface area contributed by atoms with Gasteiger partial charge in [-0.2, -0.15) is 0 Å². The maximum absolute atomic E-state index is 5.92. The highest BCUT2D eigenvalue weighted by Crippen LogP contribution is 2.32. The fraction of sp³-hybridized carbons (Fsp3) is 0.692. The van der Waals surface area contributed by atoms with Crippen molar-refractivity contribution in [2.45, 2.75) is 26.3 Å². The molecule has 3 nitrogen and oxygen atoms in total. The zero-order valence-electron chi connectivity index (χ0n) is 10.5. The van der Waals surface area contributed by atoms with Crippen molar-refractivity contribution >= 4 is 15.9 Å². The third-order valence-electron chi connectivity index (χ3n) is 3.98. The van der Waals surface area contributed by atoms with Crippen molar-refractivity contribution in [2.24, 2.45) is 17.6 Å². The van der Waals surface area contributed by atoms with E-state index in [1.807, 2.05) is 6.07 Å². The van der Waals surface area contributed by atoms with Crippen LogP contribution in [-0.4, -0.2) is 24.5 Å². The van der Waals surface area contributed by atoms with Gasteiger partial charge >= 0.3 is 0 Å². The average molecular weight is 301 g/mol. The van der Waals surface area contributed by atoms with Crippen LogP contribution in [0.5, 0.6) is 0 Å². The molecule has 4 heteroatoms. The lowest BCUT2D eigenvalue weighted by molar-refractivity contribution is 0.0878. The molecule has 1 aliphatic rings. The predicted octanol–water partition coefficient (Wildman–Crippen LogP) is 3.02. The van der Waals surface area contributed by atoms with E-state index in [9.17, 15) is 0 Å². The van der Waals surface area contributed by atoms with Gasteiger partial charge in [0.15, 0.2) is 0 Å². The molecule has 17 heavy (non-hydrogen) atoms. The van der Waals surface area contributed by atoms with Crippen molar-refractivity contribution in [1.29, 1.82) is 0 Å². The van der Waals surface area contributed by atoms with Gasteiger partial charge < -0.3 is 10.2 Å². The van der Waals surface area contributed by atoms with Crippen LogP contribution in [0.1, 0.15) is 32.1 Å². The highest BCUT2D eigenvalue weighted by atomic mass is 79.9. The molecule has 0 amide bonds. The normalized spacial score (nSPS) is 28.2. The zero-order chi connectivity index (χ0) is 12.4. The van der Waals surface area contributed by atoms with E-state index in [1.54, 1.807) is 6.26 Å². The third kappa shape index (κ3) is 2.75. The third-order valence-corrected chi connectivity index (χ3v) is 4.63. The van der Waals surface area contributed by atoms with Gasteiger partial charge in [-0.25, -0.2) is 0 Å². The van der Waals surface area contributed by atoms with Gasteiger partial charge in [0.2, 0.25) is 0 Å². The molecule has 0 spiro atoms. The number of hydrogen-bond acceptors (Lipinski definition) is 3. The Balaban J connectivity index is 2.12. The lowest BCUT2D eigenvalue weighted by Gasteiger charge is -2.39. The molecule has 0 aromatic carbocycles. The number of hydrogen-bond donors (Lipinski definition) is 1. The second-order valence-corrected chi connectivity index (χ2v) is 5.98. The summed E-state index contributed by atoms with van der Waals surface area (Å²) >= 11 is 3.53. The van der Waals surface area contributed by atoms with Gasteiger partial charge in [-0.1, -0.05) is 13.8 Å². The van der Waals surface area contributed by atoms with E-state index in [0.29, 0.717) is 6.54 Å². The lowest BCUT2D eigenvalue weighted by Crippen LogP contribution is -2.43. The Bertz CT molecular complexity index is 366. The van der Waals surface area contributed by atoms with Crippen LogP contribution in [0, 0.1) is 11.8 Å². The van der Waals surface area contributed by atoms with Crippen molar-refractivity contribution in [3.05, 3.63) is 22.6 Å². The second-order valence-electron chi connectivity index (χ2n) is 5.12. The van der Waals surface area contributed by atoms with Crippen LogP contribution < -0.4 is 5.73 Å². The van der Waals surface area contributed by atoms with E-state index in [2.05, 4.69) is 34.7 Å². The summed E-state index contributed by atoms with van der Waals surface area (Å²) in [5, 5.41) is 0. The van der Waals surface area contributed by atoms with Gasteiger partial charge in [-0.05, 0) is 46.8 Å². The van der Waals surface area contributed by atoms with Crippen LogP contribution in [0.2, 0.25) is 0 Å². The molecule has 0 aliphatic carbocycles. The van der Waals surface area contributed by atoms with Crippen LogP contribution in [0.4, 0.5) is 0 Å². The number of furan rings is 1. The van der Waals surface area contributed by atoms with Crippen LogP contribution in [0.25, 0.3) is 0 Å². The number of halogens is 1. The fourth-order valence-electron chi connectivity index (χ4n) is 2.54. The molecule has 96 valence electrons. The molecule has 1 aliphatic heterocycles. The first kappa shape index (κ1) is 13.1. The van der Waals surface area contributed by atoms with E-state index in [1.165, 1.54) is 6.42 Å². The van der Waals surface area contributed by atoms with Gasteiger partial charge in [0, 0.05) is 13.1 Å². The summed E-state index contributed by atoms with van der Waals surface area (Å²) in [4.78, 5) is 2.45. The number of nitrogens with two attached hydrogens (primary N) is 1. The summed E-state index contributed by atoms with van der Waals surface area (Å²) < 4.78 is 6.59. The van der Waals surface area contributed by atoms with Crippen LogP contribution in [0.3, 0.4) is 0 Å². The number of piperidine rings is 1. The Hall–Kier alpha value is -0.320. The van der Waals surface area contributed by atoms with Crippen molar-refractivity contribution in [2.75, 3.05) is 19.6 Å². The molecule has 0 radical (unpaired) electrons. The van der Waals surface area contributed by atoms with Gasteiger partial charge in [-0.3, -0.25) is 4.90 Å². The van der Waals surface area contributed by atoms with Crippen LogP contribution in [0.15, 0.2) is 21.2 Å². The molecular formula is C13H21BrN2O. The van der Waals surface area contributed by atoms with Gasteiger partial charge in [0.1, 0.15) is 5.76 Å². The average Bonchev–Trinajstić information content (AvgIpc) is 2.71. The van der Waals surface area contributed by atoms with Crippen molar-refractivity contribution in [3.8, 4) is 0 Å². The Kier molecular flexibility index (Phi) is 4.28. The number of rotatable bonds is 3. The summed E-state index contributed by atoms with van der Waals surface area (Å²) in [5.41, 5.74) is 5.92. The molecular weight excluding hydrogens is 280 g/mol. The summed E-state index contributed by atoms with van der Waals surface area (Å²) in [6.45, 7) is 7.48. The van der Waals surface area contributed by atoms with Gasteiger partial charge in [0.25, 0.3) is 0 Å². The maximum atomic E-state index is 5.92. The fourth-order valence-corrected chi connectivity index (χ4v) is 3.01. The van der Waals surface area contributed by atoms with E-state index < -0.39 is 0 Å². The summed E-state index contributed by atoms with van der Waals surface area (Å²) in [6.07, 6.45) is 2.97. The minimum atomic E-state index is 0.203. The van der Waals surface area contributed by atoms with Crippen molar-refractivity contribution < 1.29 is 4.42 Å². The monoisotopic (exact) mass is 300 g/mol. The second kappa shape index (κ2) is 5.55. The van der Waals surface area contributed by atoms with Gasteiger partial charge in [0.05, 0.1) is 16.8 Å². The van der Waals surface area contributed by atoms with Crippen molar-refractivity contribution in [3.63, 3.8) is 0 Å². The Morgan fingerprint density at radius 2 is 2.29 bits per heavy atom. The SMILES string of the molecule is CC1CCN(C(CN)c2occc2Br)CC1C. The molecule has 1 aromatic heterocycles. The molecule has 3 unspecified atom stereocenters. The molecule has 3 atom stereocenters. The molecule has 1 aromatic rings. The topological polar surface area (TPSA) is 42.4 Å². The summed E-state index contributed by atoms with van der Waals surface area (Å²) in [5.74, 6) is 2.51. The lowest BCUT2D eigenvalue weighted by atomic mass is 9.88. The van der Waals surface area contributed by atoms with Crippen LogP contribution >= 0.6 is 15.9 Å². The van der Waals surface area contributed by atoms with E-state index >= 15 is 0 Å². The first-order chi connectivity index (χ1) is 8.13. The summed E-state index contributed by atoms with van der Waals surface area (Å²) in [7, 11) is 0. The van der Waals surface area contributed by atoms with Crippen molar-refractivity contribution in [1.82, 2.24) is 4.90 Å². The largest absolute Gasteiger partial charge is 0.466 e. The predicted molar refractivity (Wildman–Crippen MR) is 72.7 cm³/mol. The number of nitrogens with zero attached hydrogens (tertiary/aromatic N) is 1. The molecule has 1 saturated heterocycles. The molecule has 2 rings (SSSR count). The Labute approximate surface area is 111 Å². The quantitative estimate of drug-likeness (QED) is 0.933. The highest BCUT2D eigenvalue weighted by Gasteiger charge is 2.30. The minimum Gasteiger partial charge on any atom is -0.466 e. The van der Waals surface area contributed by atoms with E-state index in [4.69, 9.17) is 10.2 Å². The number of likely N-dealkylation sites (tertiary alicyclic amines) is 1. The van der Waals surface area contributed by atoms with E-state index in [0.717, 1.165) is 35.2 Å². The highest BCUT2D eigenvalue weighted by molar-refractivity contribution is 9.10. The molecule has 1 fully saturated rings. The van der Waals surface area contributed by atoms with Gasteiger partial charge in [-0.15, -0.1) is 0 Å².